The Morgan fingerprint density at radius 2 is 2.05 bits per heavy atom. The van der Waals surface area contributed by atoms with Crippen LogP contribution in [-0.2, 0) is 12.1 Å². The summed E-state index contributed by atoms with van der Waals surface area (Å²) < 4.78 is 2.56. The summed E-state index contributed by atoms with van der Waals surface area (Å²) in [5.41, 5.74) is 6.23. The zero-order chi connectivity index (χ0) is 15.5. The fraction of sp³-hybridized carbons (Fsp3) is 0.357. The number of rotatable bonds is 5. The number of carbonyl (C=O) groups excluding carboxylic acids is 1. The number of nitrogens with zero attached hydrogens (tertiary/aromatic N) is 3. The lowest BCUT2D eigenvalue weighted by molar-refractivity contribution is 0.0907. The Kier molecular flexibility index (Phi) is 4.74. The van der Waals surface area contributed by atoms with Gasteiger partial charge in [-0.2, -0.15) is 0 Å². The lowest BCUT2D eigenvalue weighted by atomic mass is 9.94. The van der Waals surface area contributed by atoms with E-state index < -0.39 is 5.54 Å². The highest BCUT2D eigenvalue weighted by molar-refractivity contribution is 9.10. The molecule has 1 heterocycles. The van der Waals surface area contributed by atoms with Gasteiger partial charge in [0, 0.05) is 11.0 Å². The van der Waals surface area contributed by atoms with Gasteiger partial charge in [-0.25, -0.2) is 0 Å². The summed E-state index contributed by atoms with van der Waals surface area (Å²) in [5, 5.41) is 10.7. The van der Waals surface area contributed by atoms with E-state index in [1.165, 1.54) is 0 Å². The Bertz CT molecular complexity index is 621. The van der Waals surface area contributed by atoms with Crippen molar-refractivity contribution in [1.82, 2.24) is 20.3 Å². The minimum absolute atomic E-state index is 0.258. The Labute approximate surface area is 131 Å². The average molecular weight is 352 g/mol. The van der Waals surface area contributed by atoms with Crippen molar-refractivity contribution in [3.05, 3.63) is 46.2 Å². The molecule has 0 spiro atoms. The van der Waals surface area contributed by atoms with Gasteiger partial charge in [0.1, 0.15) is 0 Å². The predicted octanol–water partition coefficient (Wildman–Crippen LogP) is 1.66. The van der Waals surface area contributed by atoms with Gasteiger partial charge < -0.3 is 11.1 Å². The maximum atomic E-state index is 12.3. The normalized spacial score (nSPS) is 11.4. The Morgan fingerprint density at radius 1 is 1.38 bits per heavy atom. The van der Waals surface area contributed by atoms with Crippen LogP contribution < -0.4 is 11.1 Å². The summed E-state index contributed by atoms with van der Waals surface area (Å²) in [6.45, 7) is 4.88. The first-order valence-electron chi connectivity index (χ1n) is 6.61. The van der Waals surface area contributed by atoms with Crippen LogP contribution in [0.2, 0.25) is 0 Å². The van der Waals surface area contributed by atoms with Crippen molar-refractivity contribution in [3.63, 3.8) is 0 Å². The minimum atomic E-state index is -0.505. The number of carbonyl (C=O) groups is 1. The van der Waals surface area contributed by atoms with Gasteiger partial charge in [0.05, 0.1) is 18.3 Å². The molecule has 1 aromatic carbocycles. The maximum absolute atomic E-state index is 12.3. The fourth-order valence-corrected chi connectivity index (χ4v) is 2.19. The van der Waals surface area contributed by atoms with Crippen molar-refractivity contribution in [2.75, 3.05) is 6.54 Å². The van der Waals surface area contributed by atoms with Gasteiger partial charge in [-0.15, -0.1) is 5.10 Å². The molecule has 0 aliphatic rings. The van der Waals surface area contributed by atoms with Gasteiger partial charge in [-0.1, -0.05) is 33.3 Å². The summed E-state index contributed by atoms with van der Waals surface area (Å²) in [6, 6.07) is 7.83. The number of hydrogen-bond acceptors (Lipinski definition) is 4. The predicted molar refractivity (Wildman–Crippen MR) is 83.7 cm³/mol. The molecule has 0 bridgehead atoms. The molecule has 0 saturated heterocycles. The molecule has 6 nitrogen and oxygen atoms in total. The van der Waals surface area contributed by atoms with E-state index in [1.54, 1.807) is 10.9 Å². The van der Waals surface area contributed by atoms with Crippen LogP contribution in [0.25, 0.3) is 0 Å². The molecular weight excluding hydrogens is 334 g/mol. The molecule has 0 fully saturated rings. The molecule has 21 heavy (non-hydrogen) atoms. The zero-order valence-corrected chi connectivity index (χ0v) is 13.6. The van der Waals surface area contributed by atoms with E-state index in [1.807, 2.05) is 38.1 Å². The molecule has 0 atom stereocenters. The lowest BCUT2D eigenvalue weighted by Crippen LogP contribution is -2.41. The van der Waals surface area contributed by atoms with Crippen LogP contribution in [0.1, 0.15) is 29.9 Å². The molecular formula is C14H18BrN5O. The third-order valence-corrected chi connectivity index (χ3v) is 3.65. The highest BCUT2D eigenvalue weighted by atomic mass is 79.9. The van der Waals surface area contributed by atoms with Crippen LogP contribution in [0, 0.1) is 0 Å². The number of hydrogen-bond donors (Lipinski definition) is 2. The van der Waals surface area contributed by atoms with Crippen molar-refractivity contribution in [2.45, 2.75) is 25.9 Å². The minimum Gasteiger partial charge on any atom is -0.342 e. The van der Waals surface area contributed by atoms with Crippen LogP contribution in [0.15, 0.2) is 34.9 Å². The summed E-state index contributed by atoms with van der Waals surface area (Å²) in [7, 11) is 0. The molecule has 0 radical (unpaired) electrons. The first kappa shape index (κ1) is 15.7. The maximum Gasteiger partial charge on any atom is 0.274 e. The second-order valence-corrected chi connectivity index (χ2v) is 6.16. The second-order valence-electron chi connectivity index (χ2n) is 5.24. The number of halogens is 1. The topological polar surface area (TPSA) is 85.8 Å². The molecule has 0 saturated carbocycles. The molecule has 112 valence electrons. The first-order chi connectivity index (χ1) is 9.92. The molecule has 7 heteroatoms. The molecule has 0 aliphatic heterocycles. The van der Waals surface area contributed by atoms with Crippen molar-refractivity contribution in [3.8, 4) is 0 Å². The van der Waals surface area contributed by atoms with Gasteiger partial charge in [-0.3, -0.25) is 9.48 Å². The lowest BCUT2D eigenvalue weighted by Gasteiger charge is -2.26. The number of aromatic nitrogens is 3. The highest BCUT2D eigenvalue weighted by Crippen LogP contribution is 2.22. The van der Waals surface area contributed by atoms with Crippen molar-refractivity contribution in [2.24, 2.45) is 5.73 Å². The largest absolute Gasteiger partial charge is 0.342 e. The highest BCUT2D eigenvalue weighted by Gasteiger charge is 2.24. The summed E-state index contributed by atoms with van der Waals surface area (Å²) in [6.07, 6.45) is 1.60. The van der Waals surface area contributed by atoms with Gasteiger partial charge in [0.25, 0.3) is 5.91 Å². The van der Waals surface area contributed by atoms with E-state index in [4.69, 9.17) is 5.73 Å². The first-order valence-corrected chi connectivity index (χ1v) is 7.40. The summed E-state index contributed by atoms with van der Waals surface area (Å²) in [4.78, 5) is 12.3. The third kappa shape index (κ3) is 3.89. The summed E-state index contributed by atoms with van der Waals surface area (Å²) in [5.74, 6) is -0.258. The number of nitrogens with two attached hydrogens (primary N) is 1. The van der Waals surface area contributed by atoms with E-state index in [0.29, 0.717) is 13.1 Å². The van der Waals surface area contributed by atoms with Gasteiger partial charge in [0.2, 0.25) is 0 Å². The zero-order valence-electron chi connectivity index (χ0n) is 12.0. The smallest absolute Gasteiger partial charge is 0.274 e. The van der Waals surface area contributed by atoms with E-state index >= 15 is 0 Å². The van der Waals surface area contributed by atoms with Crippen molar-refractivity contribution in [1.29, 1.82) is 0 Å². The number of benzene rings is 1. The van der Waals surface area contributed by atoms with Crippen LogP contribution in [0.5, 0.6) is 0 Å². The van der Waals surface area contributed by atoms with Crippen LogP contribution in [-0.4, -0.2) is 27.4 Å². The van der Waals surface area contributed by atoms with E-state index in [2.05, 4.69) is 31.6 Å². The standard InChI is InChI=1S/C14H18BrN5O/c1-14(2,10-3-5-11(15)6-4-10)17-13(21)12-9-20(8-7-16)19-18-12/h3-6,9H,7-8,16H2,1-2H3,(H,17,21). The Balaban J connectivity index is 2.11. The van der Waals surface area contributed by atoms with E-state index in [9.17, 15) is 4.79 Å². The van der Waals surface area contributed by atoms with E-state index in [0.717, 1.165) is 10.0 Å². The van der Waals surface area contributed by atoms with Gasteiger partial charge in [-0.05, 0) is 31.5 Å². The van der Waals surface area contributed by atoms with Crippen LogP contribution in [0.3, 0.4) is 0 Å². The SMILES string of the molecule is CC(C)(NC(=O)c1cn(CCN)nn1)c1ccc(Br)cc1. The van der Waals surface area contributed by atoms with Gasteiger partial charge >= 0.3 is 0 Å². The fourth-order valence-electron chi connectivity index (χ4n) is 1.93. The number of amides is 1. The van der Waals surface area contributed by atoms with Crippen molar-refractivity contribution < 1.29 is 4.79 Å². The van der Waals surface area contributed by atoms with E-state index in [-0.39, 0.29) is 11.6 Å². The second kappa shape index (κ2) is 6.36. The van der Waals surface area contributed by atoms with Crippen molar-refractivity contribution >= 4 is 21.8 Å². The third-order valence-electron chi connectivity index (χ3n) is 3.12. The molecule has 2 aromatic rings. The van der Waals surface area contributed by atoms with Crippen LogP contribution >= 0.6 is 15.9 Å². The Hall–Kier alpha value is -1.73. The monoisotopic (exact) mass is 351 g/mol. The molecule has 1 aromatic heterocycles. The average Bonchev–Trinajstić information content (AvgIpc) is 2.88. The molecule has 1 amide bonds. The molecule has 3 N–H and O–H groups in total. The molecule has 0 unspecified atom stereocenters. The number of nitrogens with one attached hydrogen (secondary N) is 1. The quantitative estimate of drug-likeness (QED) is 0.857. The van der Waals surface area contributed by atoms with Gasteiger partial charge in [0.15, 0.2) is 5.69 Å². The molecule has 2 rings (SSSR count). The molecule has 0 aliphatic carbocycles. The van der Waals surface area contributed by atoms with Crippen LogP contribution in [0.4, 0.5) is 0 Å². The summed E-state index contributed by atoms with van der Waals surface area (Å²) >= 11 is 3.40. The Morgan fingerprint density at radius 3 is 2.67 bits per heavy atom.